The third kappa shape index (κ3) is 2.95. The summed E-state index contributed by atoms with van der Waals surface area (Å²) in [5.41, 5.74) is 2.33. The first-order valence-corrected chi connectivity index (χ1v) is 8.04. The summed E-state index contributed by atoms with van der Waals surface area (Å²) in [6.07, 6.45) is 5.41. The van der Waals surface area contributed by atoms with Crippen LogP contribution in [0.25, 0.3) is 0 Å². The minimum absolute atomic E-state index is 0.520. The molecule has 1 aliphatic rings. The smallest absolute Gasteiger partial charge is 0.225 e. The van der Waals surface area contributed by atoms with Gasteiger partial charge in [-0.15, -0.1) is 0 Å². The molecule has 3 aromatic rings. The normalized spacial score (nSPS) is 13.6. The standard InChI is InChI=1S/C18H19N5O/c1-14-19-9-16-12-22(7-8-23(14)16)18-20-10-17(11-21-18)24-13-15-5-3-2-4-6-15/h2-6,9-11H,7-8,12-13H2,1H3. The summed E-state index contributed by atoms with van der Waals surface area (Å²) >= 11 is 0. The van der Waals surface area contributed by atoms with Crippen LogP contribution < -0.4 is 9.64 Å². The molecule has 0 saturated carbocycles. The first-order chi connectivity index (χ1) is 11.8. The lowest BCUT2D eigenvalue weighted by Crippen LogP contribution is -2.34. The molecule has 0 N–H and O–H groups in total. The molecular weight excluding hydrogens is 302 g/mol. The third-order valence-corrected chi connectivity index (χ3v) is 4.23. The van der Waals surface area contributed by atoms with Crippen molar-refractivity contribution in [1.82, 2.24) is 19.5 Å². The highest BCUT2D eigenvalue weighted by Crippen LogP contribution is 2.20. The van der Waals surface area contributed by atoms with Gasteiger partial charge in [-0.25, -0.2) is 15.0 Å². The fraction of sp³-hybridized carbons (Fsp3) is 0.278. The van der Waals surface area contributed by atoms with Crippen LogP contribution in [0.2, 0.25) is 0 Å². The van der Waals surface area contributed by atoms with Crippen LogP contribution in [0, 0.1) is 6.92 Å². The molecule has 1 aliphatic heterocycles. The number of imidazole rings is 1. The van der Waals surface area contributed by atoms with Gasteiger partial charge < -0.3 is 14.2 Å². The number of aryl methyl sites for hydroxylation is 1. The molecule has 0 spiro atoms. The van der Waals surface area contributed by atoms with E-state index in [9.17, 15) is 0 Å². The second-order valence-corrected chi connectivity index (χ2v) is 5.86. The van der Waals surface area contributed by atoms with Crippen molar-refractivity contribution in [3.8, 4) is 5.75 Å². The van der Waals surface area contributed by atoms with E-state index >= 15 is 0 Å². The van der Waals surface area contributed by atoms with Crippen LogP contribution in [0.15, 0.2) is 48.9 Å². The zero-order valence-corrected chi connectivity index (χ0v) is 13.6. The number of fused-ring (bicyclic) bond motifs is 1. The van der Waals surface area contributed by atoms with Crippen LogP contribution >= 0.6 is 0 Å². The molecule has 0 fully saturated rings. The van der Waals surface area contributed by atoms with Crippen molar-refractivity contribution in [1.29, 1.82) is 0 Å². The minimum Gasteiger partial charge on any atom is -0.486 e. The predicted octanol–water partition coefficient (Wildman–Crippen LogP) is 2.58. The summed E-state index contributed by atoms with van der Waals surface area (Å²) in [5.74, 6) is 2.47. The minimum atomic E-state index is 0.520. The summed E-state index contributed by atoms with van der Waals surface area (Å²) in [6.45, 7) is 5.14. The number of hydrogen-bond donors (Lipinski definition) is 0. The van der Waals surface area contributed by atoms with E-state index in [4.69, 9.17) is 4.74 Å². The molecule has 0 bridgehead atoms. The molecular formula is C18H19N5O. The molecule has 3 heterocycles. The van der Waals surface area contributed by atoms with E-state index in [0.29, 0.717) is 12.4 Å². The molecule has 4 rings (SSSR count). The summed E-state index contributed by atoms with van der Waals surface area (Å²) < 4.78 is 7.98. The Morgan fingerprint density at radius 1 is 1.00 bits per heavy atom. The van der Waals surface area contributed by atoms with Gasteiger partial charge in [0.1, 0.15) is 12.4 Å². The molecule has 0 saturated heterocycles. The van der Waals surface area contributed by atoms with Crippen molar-refractivity contribution >= 4 is 5.95 Å². The quantitative estimate of drug-likeness (QED) is 0.739. The Kier molecular flexibility index (Phi) is 3.86. The van der Waals surface area contributed by atoms with Crippen LogP contribution in [0.3, 0.4) is 0 Å². The summed E-state index contributed by atoms with van der Waals surface area (Å²) in [5, 5.41) is 0. The largest absolute Gasteiger partial charge is 0.486 e. The maximum atomic E-state index is 5.74. The van der Waals surface area contributed by atoms with Gasteiger partial charge in [-0.2, -0.15) is 0 Å². The van der Waals surface area contributed by atoms with Crippen LogP contribution in [0.1, 0.15) is 17.1 Å². The average molecular weight is 321 g/mol. The van der Waals surface area contributed by atoms with E-state index in [1.165, 1.54) is 5.69 Å². The third-order valence-electron chi connectivity index (χ3n) is 4.23. The summed E-state index contributed by atoms with van der Waals surface area (Å²) in [4.78, 5) is 15.4. The Bertz CT molecular complexity index is 813. The number of anilines is 1. The Balaban J connectivity index is 1.41. The number of hydrogen-bond acceptors (Lipinski definition) is 5. The van der Waals surface area contributed by atoms with Gasteiger partial charge in [0, 0.05) is 13.1 Å². The number of nitrogens with zero attached hydrogens (tertiary/aromatic N) is 5. The van der Waals surface area contributed by atoms with E-state index in [-0.39, 0.29) is 0 Å². The van der Waals surface area contributed by atoms with Gasteiger partial charge >= 0.3 is 0 Å². The fourth-order valence-electron chi connectivity index (χ4n) is 2.90. The van der Waals surface area contributed by atoms with Crippen LogP contribution in [0.5, 0.6) is 5.75 Å². The van der Waals surface area contributed by atoms with Crippen molar-refractivity contribution in [3.63, 3.8) is 0 Å². The number of benzene rings is 1. The highest BCUT2D eigenvalue weighted by atomic mass is 16.5. The lowest BCUT2D eigenvalue weighted by molar-refractivity contribution is 0.303. The second kappa shape index (κ2) is 6.31. The van der Waals surface area contributed by atoms with E-state index in [1.54, 1.807) is 12.4 Å². The number of ether oxygens (including phenoxy) is 1. The molecule has 122 valence electrons. The van der Waals surface area contributed by atoms with Crippen LogP contribution in [0.4, 0.5) is 5.95 Å². The van der Waals surface area contributed by atoms with Crippen LogP contribution in [-0.4, -0.2) is 26.1 Å². The molecule has 0 amide bonds. The number of rotatable bonds is 4. The Labute approximate surface area is 140 Å². The van der Waals surface area contributed by atoms with Gasteiger partial charge in [0.15, 0.2) is 5.75 Å². The average Bonchev–Trinajstić information content (AvgIpc) is 3.02. The lowest BCUT2D eigenvalue weighted by atomic mass is 10.2. The highest BCUT2D eigenvalue weighted by molar-refractivity contribution is 5.34. The molecule has 0 unspecified atom stereocenters. The van der Waals surface area contributed by atoms with E-state index in [2.05, 4.69) is 24.4 Å². The second-order valence-electron chi connectivity index (χ2n) is 5.86. The first-order valence-electron chi connectivity index (χ1n) is 8.04. The molecule has 2 aromatic heterocycles. The first kappa shape index (κ1) is 14.7. The highest BCUT2D eigenvalue weighted by Gasteiger charge is 2.19. The van der Waals surface area contributed by atoms with Gasteiger partial charge in [-0.3, -0.25) is 0 Å². The van der Waals surface area contributed by atoms with Gasteiger partial charge in [-0.05, 0) is 12.5 Å². The SMILES string of the molecule is Cc1ncc2n1CCN(c1ncc(OCc3ccccc3)cn1)C2. The summed E-state index contributed by atoms with van der Waals surface area (Å²) in [6, 6.07) is 10.1. The monoisotopic (exact) mass is 321 g/mol. The predicted molar refractivity (Wildman–Crippen MR) is 90.8 cm³/mol. The van der Waals surface area contributed by atoms with E-state index < -0.39 is 0 Å². The van der Waals surface area contributed by atoms with Gasteiger partial charge in [-0.1, -0.05) is 30.3 Å². The zero-order chi connectivity index (χ0) is 16.4. The topological polar surface area (TPSA) is 56.1 Å². The van der Waals surface area contributed by atoms with Crippen molar-refractivity contribution < 1.29 is 4.74 Å². The molecule has 1 aromatic carbocycles. The lowest BCUT2D eigenvalue weighted by Gasteiger charge is -2.28. The molecule has 0 atom stereocenters. The fourth-order valence-corrected chi connectivity index (χ4v) is 2.90. The van der Waals surface area contributed by atoms with Crippen molar-refractivity contribution in [2.24, 2.45) is 0 Å². The summed E-state index contributed by atoms with van der Waals surface area (Å²) in [7, 11) is 0. The molecule has 6 nitrogen and oxygen atoms in total. The zero-order valence-electron chi connectivity index (χ0n) is 13.6. The van der Waals surface area contributed by atoms with E-state index in [0.717, 1.165) is 37.0 Å². The Hall–Kier alpha value is -2.89. The van der Waals surface area contributed by atoms with Gasteiger partial charge in [0.2, 0.25) is 5.95 Å². The maximum Gasteiger partial charge on any atom is 0.225 e. The molecule has 6 heteroatoms. The van der Waals surface area contributed by atoms with Crippen molar-refractivity contribution in [3.05, 3.63) is 66.0 Å². The van der Waals surface area contributed by atoms with Gasteiger partial charge in [0.05, 0.1) is 30.8 Å². The van der Waals surface area contributed by atoms with Gasteiger partial charge in [0.25, 0.3) is 0 Å². The molecule has 0 aliphatic carbocycles. The van der Waals surface area contributed by atoms with Crippen LogP contribution in [-0.2, 0) is 19.7 Å². The molecule has 24 heavy (non-hydrogen) atoms. The molecule has 0 radical (unpaired) electrons. The van der Waals surface area contributed by atoms with Crippen molar-refractivity contribution in [2.75, 3.05) is 11.4 Å². The Morgan fingerprint density at radius 2 is 1.79 bits per heavy atom. The Morgan fingerprint density at radius 3 is 2.58 bits per heavy atom. The number of aromatic nitrogens is 4. The van der Waals surface area contributed by atoms with E-state index in [1.807, 2.05) is 43.5 Å². The maximum absolute atomic E-state index is 5.74. The van der Waals surface area contributed by atoms with Crippen molar-refractivity contribution in [2.45, 2.75) is 26.6 Å².